The molecule has 0 fully saturated rings. The molecule has 8 heteroatoms. The Kier molecular flexibility index (Phi) is 6.07. The highest BCUT2D eigenvalue weighted by Crippen LogP contribution is 2.45. The van der Waals surface area contributed by atoms with Gasteiger partial charge in [-0.3, -0.25) is 5.10 Å². The predicted octanol–water partition coefficient (Wildman–Crippen LogP) is 2.71. The molecule has 7 nitrogen and oxygen atoms in total. The van der Waals surface area contributed by atoms with E-state index in [-0.39, 0.29) is 18.4 Å². The summed E-state index contributed by atoms with van der Waals surface area (Å²) in [5, 5.41) is 24.1. The minimum Gasteiger partial charge on any atom is -0.496 e. The number of halogens is 1. The molecule has 3 rings (SSSR count). The number of aryl methyl sites for hydroxylation is 1. The number of H-pyrrole nitrogens is 1. The van der Waals surface area contributed by atoms with Gasteiger partial charge >= 0.3 is 0 Å². The third-order valence-corrected chi connectivity index (χ3v) is 4.13. The molecule has 0 amide bonds. The van der Waals surface area contributed by atoms with Crippen molar-refractivity contribution in [2.45, 2.75) is 19.8 Å². The van der Waals surface area contributed by atoms with Gasteiger partial charge in [-0.1, -0.05) is 15.9 Å². The van der Waals surface area contributed by atoms with E-state index >= 15 is 0 Å². The molecule has 4 N–H and O–H groups in total. The second-order valence-corrected chi connectivity index (χ2v) is 6.11. The molecule has 132 valence electrons. The fourth-order valence-corrected chi connectivity index (χ4v) is 3.02. The summed E-state index contributed by atoms with van der Waals surface area (Å²) in [4.78, 5) is 0. The predicted molar refractivity (Wildman–Crippen MR) is 96.1 cm³/mol. The molecule has 1 aromatic heterocycles. The Balaban J connectivity index is 0.000000701. The number of hydrogen-bond donors (Lipinski definition) is 3. The lowest BCUT2D eigenvalue weighted by molar-refractivity contribution is 0.318. The molecule has 0 spiro atoms. The average Bonchev–Trinajstić information content (AvgIpc) is 2.95. The summed E-state index contributed by atoms with van der Waals surface area (Å²) in [6.07, 6.45) is 0. The second kappa shape index (κ2) is 8.05. The van der Waals surface area contributed by atoms with Crippen molar-refractivity contribution in [3.63, 3.8) is 0 Å². The first-order valence-electron chi connectivity index (χ1n) is 7.55. The van der Waals surface area contributed by atoms with Crippen LogP contribution >= 0.6 is 15.9 Å². The largest absolute Gasteiger partial charge is 0.496 e. The van der Waals surface area contributed by atoms with E-state index in [9.17, 15) is 5.26 Å². The number of fused-ring (bicyclic) bond motifs is 1. The number of aliphatic hydroxyl groups excluding tert-OH is 1. The number of nitrogens with two attached hydrogens (primary N) is 1. The maximum absolute atomic E-state index is 9.53. The van der Waals surface area contributed by atoms with Crippen LogP contribution in [0, 0.1) is 18.3 Å². The Bertz CT molecular complexity index is 839. The highest BCUT2D eigenvalue weighted by atomic mass is 79.9. The van der Waals surface area contributed by atoms with Gasteiger partial charge in [-0.05, 0) is 32.0 Å². The number of hydrogen-bond acceptors (Lipinski definition) is 6. The van der Waals surface area contributed by atoms with Gasteiger partial charge in [0.2, 0.25) is 11.8 Å². The van der Waals surface area contributed by atoms with Gasteiger partial charge in [0.15, 0.2) is 0 Å². The Morgan fingerprint density at radius 1 is 1.52 bits per heavy atom. The molecular formula is C17H19BrN4O3. The second-order valence-electron chi connectivity index (χ2n) is 5.19. The molecule has 0 aliphatic carbocycles. The molecule has 0 saturated carbocycles. The first kappa shape index (κ1) is 18.8. The van der Waals surface area contributed by atoms with E-state index in [4.69, 9.17) is 20.3 Å². The summed E-state index contributed by atoms with van der Waals surface area (Å²) in [5.41, 5.74) is 8.68. The fraction of sp³-hybridized carbons (Fsp3) is 0.294. The van der Waals surface area contributed by atoms with Crippen LogP contribution in [0.3, 0.4) is 0 Å². The van der Waals surface area contributed by atoms with E-state index in [2.05, 4.69) is 32.2 Å². The molecule has 2 aromatic rings. The molecule has 1 aliphatic heterocycles. The quantitative estimate of drug-likeness (QED) is 0.705. The SMILES string of the molecule is CCO.COc1ccc(Br)cc1C1C(C#N)=C(N)Oc2n[nH]c(C)c21. The highest BCUT2D eigenvalue weighted by molar-refractivity contribution is 9.10. The topological polar surface area (TPSA) is 117 Å². The van der Waals surface area contributed by atoms with Crippen LogP contribution < -0.4 is 15.2 Å². The normalized spacial score (nSPS) is 15.4. The molecule has 1 unspecified atom stereocenters. The van der Waals surface area contributed by atoms with Crippen LogP contribution in [0.1, 0.15) is 29.7 Å². The van der Waals surface area contributed by atoms with Gasteiger partial charge in [-0.2, -0.15) is 5.26 Å². The van der Waals surface area contributed by atoms with Gasteiger partial charge in [0.25, 0.3) is 0 Å². The number of nitrogens with one attached hydrogen (secondary N) is 1. The number of rotatable bonds is 2. The zero-order valence-electron chi connectivity index (χ0n) is 14.1. The Morgan fingerprint density at radius 2 is 2.20 bits per heavy atom. The highest BCUT2D eigenvalue weighted by Gasteiger charge is 2.35. The number of methoxy groups -OCH3 is 1. The Morgan fingerprint density at radius 3 is 2.80 bits per heavy atom. The van der Waals surface area contributed by atoms with Crippen LogP contribution in [0.25, 0.3) is 0 Å². The number of benzene rings is 1. The van der Waals surface area contributed by atoms with Gasteiger partial charge in [-0.15, -0.1) is 5.10 Å². The lowest BCUT2D eigenvalue weighted by Gasteiger charge is -2.25. The van der Waals surface area contributed by atoms with E-state index in [0.29, 0.717) is 17.2 Å². The van der Waals surface area contributed by atoms with Crippen molar-refractivity contribution in [3.8, 4) is 17.7 Å². The third-order valence-electron chi connectivity index (χ3n) is 3.63. The maximum Gasteiger partial charge on any atom is 0.244 e. The smallest absolute Gasteiger partial charge is 0.244 e. The summed E-state index contributed by atoms with van der Waals surface area (Å²) in [5.74, 6) is 0.733. The maximum atomic E-state index is 9.53. The molecule has 2 heterocycles. The van der Waals surface area contributed by atoms with E-state index in [1.807, 2.05) is 25.1 Å². The van der Waals surface area contributed by atoms with Gasteiger partial charge in [0, 0.05) is 27.9 Å². The first-order chi connectivity index (χ1) is 12.0. The zero-order chi connectivity index (χ0) is 18.6. The first-order valence-corrected chi connectivity index (χ1v) is 8.34. The number of allylic oxidation sites excluding steroid dienone is 1. The fourth-order valence-electron chi connectivity index (χ4n) is 2.64. The van der Waals surface area contributed by atoms with Crippen molar-refractivity contribution < 1.29 is 14.6 Å². The van der Waals surface area contributed by atoms with Crippen LogP contribution in [-0.2, 0) is 0 Å². The molecule has 0 bridgehead atoms. The minimum absolute atomic E-state index is 0.0635. The van der Waals surface area contributed by atoms with Crippen LogP contribution in [0.5, 0.6) is 11.6 Å². The number of aromatic amines is 1. The Labute approximate surface area is 154 Å². The van der Waals surface area contributed by atoms with Gasteiger partial charge in [-0.25, -0.2) is 0 Å². The molecule has 1 aromatic carbocycles. The summed E-state index contributed by atoms with van der Waals surface area (Å²) < 4.78 is 11.8. The molecule has 0 saturated heterocycles. The zero-order valence-corrected chi connectivity index (χ0v) is 15.7. The monoisotopic (exact) mass is 406 g/mol. The summed E-state index contributed by atoms with van der Waals surface area (Å²) in [6.45, 7) is 3.81. The van der Waals surface area contributed by atoms with Crippen molar-refractivity contribution in [3.05, 3.63) is 50.9 Å². The molecule has 1 aliphatic rings. The van der Waals surface area contributed by atoms with E-state index in [0.717, 1.165) is 21.3 Å². The number of aliphatic hydroxyl groups is 1. The van der Waals surface area contributed by atoms with Gasteiger partial charge in [0.05, 0.1) is 13.0 Å². The molecule has 25 heavy (non-hydrogen) atoms. The summed E-state index contributed by atoms with van der Waals surface area (Å²) >= 11 is 3.46. The average molecular weight is 407 g/mol. The minimum atomic E-state index is -0.389. The van der Waals surface area contributed by atoms with E-state index in [1.165, 1.54) is 0 Å². The number of nitriles is 1. The van der Waals surface area contributed by atoms with Crippen molar-refractivity contribution in [1.29, 1.82) is 5.26 Å². The Hall–Kier alpha value is -2.50. The number of ether oxygens (including phenoxy) is 2. The lowest BCUT2D eigenvalue weighted by Crippen LogP contribution is -2.21. The van der Waals surface area contributed by atoms with E-state index in [1.54, 1.807) is 14.0 Å². The standard InChI is InChI=1S/C15H13BrN4O2.C2H6O/c1-7-12-13(9-5-8(16)3-4-11(9)21-2)10(6-17)14(18)22-15(12)20-19-7;1-2-3/h3-5,13H,18H2,1-2H3,(H,19,20);3H,2H2,1H3. The van der Waals surface area contributed by atoms with Crippen molar-refractivity contribution in [2.75, 3.05) is 13.7 Å². The van der Waals surface area contributed by atoms with Crippen LogP contribution in [0.15, 0.2) is 34.1 Å². The molecule has 0 radical (unpaired) electrons. The number of nitrogens with zero attached hydrogens (tertiary/aromatic N) is 2. The van der Waals surface area contributed by atoms with Crippen molar-refractivity contribution in [1.82, 2.24) is 10.2 Å². The van der Waals surface area contributed by atoms with Crippen LogP contribution in [0.2, 0.25) is 0 Å². The number of aromatic nitrogens is 2. The van der Waals surface area contributed by atoms with Crippen LogP contribution in [-0.4, -0.2) is 29.0 Å². The summed E-state index contributed by atoms with van der Waals surface area (Å²) in [6, 6.07) is 7.78. The summed E-state index contributed by atoms with van der Waals surface area (Å²) in [7, 11) is 1.59. The van der Waals surface area contributed by atoms with E-state index < -0.39 is 0 Å². The van der Waals surface area contributed by atoms with Crippen LogP contribution in [0.4, 0.5) is 0 Å². The van der Waals surface area contributed by atoms with Gasteiger partial charge < -0.3 is 20.3 Å². The third kappa shape index (κ3) is 3.62. The molecule has 1 atom stereocenters. The van der Waals surface area contributed by atoms with Crippen molar-refractivity contribution >= 4 is 15.9 Å². The lowest BCUT2D eigenvalue weighted by atomic mass is 9.83. The molecular weight excluding hydrogens is 388 g/mol. The van der Waals surface area contributed by atoms with Gasteiger partial charge in [0.1, 0.15) is 17.4 Å². The van der Waals surface area contributed by atoms with Crippen molar-refractivity contribution in [2.24, 2.45) is 5.73 Å².